The number of methoxy groups -OCH3 is 1. The summed E-state index contributed by atoms with van der Waals surface area (Å²) in [6, 6.07) is -0.553. The van der Waals surface area contributed by atoms with Crippen LogP contribution in [0.15, 0.2) is 0 Å². The number of hydrogen-bond donors (Lipinski definition) is 1. The van der Waals surface area contributed by atoms with Crippen LogP contribution < -0.4 is 0 Å². The summed E-state index contributed by atoms with van der Waals surface area (Å²) in [5.74, 6) is -0.531. The number of piperazine rings is 1. The van der Waals surface area contributed by atoms with Crippen molar-refractivity contribution in [2.24, 2.45) is 0 Å². The first kappa shape index (κ1) is 12.9. The number of esters is 1. The molecule has 1 saturated heterocycles. The zero-order chi connectivity index (χ0) is 12.1. The number of rotatable bonds is 3. The third-order valence-corrected chi connectivity index (χ3v) is 2.76. The second-order valence-corrected chi connectivity index (χ2v) is 3.78. The first-order chi connectivity index (χ1) is 7.60. The topological polar surface area (TPSA) is 70.1 Å². The molecule has 0 radical (unpaired) electrons. The van der Waals surface area contributed by atoms with Crippen LogP contribution in [-0.4, -0.2) is 72.7 Å². The van der Waals surface area contributed by atoms with E-state index < -0.39 is 12.0 Å². The number of ether oxygens (including phenoxy) is 1. The van der Waals surface area contributed by atoms with Gasteiger partial charge >= 0.3 is 5.97 Å². The molecule has 6 nitrogen and oxygen atoms in total. The minimum absolute atomic E-state index is 0.0496. The van der Waals surface area contributed by atoms with Crippen LogP contribution in [0.25, 0.3) is 0 Å². The van der Waals surface area contributed by atoms with Gasteiger partial charge in [-0.2, -0.15) is 0 Å². The van der Waals surface area contributed by atoms with Gasteiger partial charge in [0.25, 0.3) is 0 Å². The van der Waals surface area contributed by atoms with Crippen molar-refractivity contribution < 1.29 is 19.4 Å². The standard InChI is InChI=1S/C10H18N2O4/c1-8(14)12-4-3-11(5-6-13)7-9(12)10(15)16-2/h9,13H,3-7H2,1-2H3. The average Bonchev–Trinajstić information content (AvgIpc) is 2.28. The van der Waals surface area contributed by atoms with Gasteiger partial charge in [-0.15, -0.1) is 0 Å². The van der Waals surface area contributed by atoms with Crippen molar-refractivity contribution in [1.29, 1.82) is 0 Å². The van der Waals surface area contributed by atoms with E-state index in [9.17, 15) is 9.59 Å². The van der Waals surface area contributed by atoms with Gasteiger partial charge in [-0.1, -0.05) is 0 Å². The first-order valence-corrected chi connectivity index (χ1v) is 5.28. The SMILES string of the molecule is COC(=O)C1CN(CCO)CCN1C(C)=O. The normalized spacial score (nSPS) is 21.9. The number of β-amino-alcohol motifs (C(OH)–C–C–N with tert-alkyl or cyclic N) is 1. The number of aliphatic hydroxyl groups excluding tert-OH is 1. The van der Waals surface area contributed by atoms with E-state index in [0.29, 0.717) is 26.2 Å². The molecular weight excluding hydrogens is 212 g/mol. The summed E-state index contributed by atoms with van der Waals surface area (Å²) >= 11 is 0. The van der Waals surface area contributed by atoms with Gasteiger partial charge in [0.2, 0.25) is 5.91 Å². The second kappa shape index (κ2) is 5.81. The van der Waals surface area contributed by atoms with Crippen LogP contribution in [0.4, 0.5) is 0 Å². The van der Waals surface area contributed by atoms with E-state index in [1.165, 1.54) is 18.9 Å². The molecule has 1 aliphatic heterocycles. The minimum Gasteiger partial charge on any atom is -0.467 e. The molecule has 1 unspecified atom stereocenters. The Bertz CT molecular complexity index is 270. The lowest BCUT2D eigenvalue weighted by atomic mass is 10.1. The number of aliphatic hydroxyl groups is 1. The maximum atomic E-state index is 11.5. The Morgan fingerprint density at radius 2 is 2.12 bits per heavy atom. The summed E-state index contributed by atoms with van der Waals surface area (Å²) in [6.45, 7) is 3.60. The van der Waals surface area contributed by atoms with Crippen molar-refractivity contribution in [3.05, 3.63) is 0 Å². The maximum Gasteiger partial charge on any atom is 0.329 e. The van der Waals surface area contributed by atoms with E-state index in [4.69, 9.17) is 5.11 Å². The Kier molecular flexibility index (Phi) is 4.70. The van der Waals surface area contributed by atoms with Crippen LogP contribution in [0, 0.1) is 0 Å². The Balaban J connectivity index is 2.69. The predicted molar refractivity (Wildman–Crippen MR) is 56.7 cm³/mol. The number of carbonyl (C=O) groups is 2. The van der Waals surface area contributed by atoms with Crippen molar-refractivity contribution in [1.82, 2.24) is 9.80 Å². The van der Waals surface area contributed by atoms with Gasteiger partial charge in [0.05, 0.1) is 13.7 Å². The highest BCUT2D eigenvalue weighted by Crippen LogP contribution is 2.11. The van der Waals surface area contributed by atoms with Gasteiger partial charge in [0, 0.05) is 33.1 Å². The van der Waals surface area contributed by atoms with Gasteiger partial charge in [-0.3, -0.25) is 9.69 Å². The number of nitrogens with zero attached hydrogens (tertiary/aromatic N) is 2. The molecule has 1 rings (SSSR count). The average molecular weight is 230 g/mol. The highest BCUT2D eigenvalue weighted by molar-refractivity contribution is 5.83. The fourth-order valence-electron chi connectivity index (χ4n) is 1.90. The fourth-order valence-corrected chi connectivity index (χ4v) is 1.90. The molecule has 1 heterocycles. The lowest BCUT2D eigenvalue weighted by molar-refractivity contribution is -0.155. The Morgan fingerprint density at radius 3 is 2.62 bits per heavy atom. The van der Waals surface area contributed by atoms with Crippen LogP contribution in [0.2, 0.25) is 0 Å². The number of amides is 1. The maximum absolute atomic E-state index is 11.5. The predicted octanol–water partition coefficient (Wildman–Crippen LogP) is -1.32. The molecule has 0 aromatic heterocycles. The fraction of sp³-hybridized carbons (Fsp3) is 0.800. The van der Waals surface area contributed by atoms with Gasteiger partial charge in [-0.25, -0.2) is 4.79 Å². The molecule has 6 heteroatoms. The molecule has 0 saturated carbocycles. The lowest BCUT2D eigenvalue weighted by Crippen LogP contribution is -2.58. The molecule has 1 amide bonds. The highest BCUT2D eigenvalue weighted by Gasteiger charge is 2.34. The van der Waals surface area contributed by atoms with E-state index in [2.05, 4.69) is 4.74 Å². The van der Waals surface area contributed by atoms with Crippen molar-refractivity contribution in [2.75, 3.05) is 39.9 Å². The van der Waals surface area contributed by atoms with Crippen molar-refractivity contribution >= 4 is 11.9 Å². The molecule has 1 fully saturated rings. The molecule has 0 aromatic carbocycles. The van der Waals surface area contributed by atoms with Gasteiger partial charge in [0.15, 0.2) is 0 Å². The summed E-state index contributed by atoms with van der Waals surface area (Å²) < 4.78 is 4.67. The van der Waals surface area contributed by atoms with Gasteiger partial charge in [-0.05, 0) is 0 Å². The molecule has 0 aliphatic carbocycles. The van der Waals surface area contributed by atoms with Crippen molar-refractivity contribution in [2.45, 2.75) is 13.0 Å². The zero-order valence-corrected chi connectivity index (χ0v) is 9.68. The minimum atomic E-state index is -0.553. The van der Waals surface area contributed by atoms with Gasteiger partial charge < -0.3 is 14.7 Å². The highest BCUT2D eigenvalue weighted by atomic mass is 16.5. The molecule has 0 bridgehead atoms. The smallest absolute Gasteiger partial charge is 0.329 e. The number of carbonyl (C=O) groups excluding carboxylic acids is 2. The summed E-state index contributed by atoms with van der Waals surface area (Å²) in [6.07, 6.45) is 0. The third-order valence-electron chi connectivity index (χ3n) is 2.76. The Hall–Kier alpha value is -1.14. The van der Waals surface area contributed by atoms with Crippen LogP contribution in [-0.2, 0) is 14.3 Å². The van der Waals surface area contributed by atoms with Gasteiger partial charge in [0.1, 0.15) is 6.04 Å². The third kappa shape index (κ3) is 2.93. The summed E-state index contributed by atoms with van der Waals surface area (Å²) in [4.78, 5) is 26.3. The zero-order valence-electron chi connectivity index (χ0n) is 9.68. The van der Waals surface area contributed by atoms with E-state index >= 15 is 0 Å². The Morgan fingerprint density at radius 1 is 1.44 bits per heavy atom. The van der Waals surface area contributed by atoms with Crippen LogP contribution in [0.1, 0.15) is 6.92 Å². The van der Waals surface area contributed by atoms with Crippen LogP contribution in [0.3, 0.4) is 0 Å². The molecular formula is C10H18N2O4. The molecule has 1 atom stereocenters. The lowest BCUT2D eigenvalue weighted by Gasteiger charge is -2.39. The van der Waals surface area contributed by atoms with Crippen LogP contribution >= 0.6 is 0 Å². The quantitative estimate of drug-likeness (QED) is 0.609. The number of hydrogen-bond acceptors (Lipinski definition) is 5. The van der Waals surface area contributed by atoms with E-state index in [-0.39, 0.29) is 12.5 Å². The van der Waals surface area contributed by atoms with Crippen LogP contribution in [0.5, 0.6) is 0 Å². The first-order valence-electron chi connectivity index (χ1n) is 5.28. The molecule has 0 spiro atoms. The van der Waals surface area contributed by atoms with E-state index in [0.717, 1.165) is 0 Å². The molecule has 1 aliphatic rings. The summed E-state index contributed by atoms with van der Waals surface area (Å²) in [5, 5.41) is 8.84. The Labute approximate surface area is 94.8 Å². The van der Waals surface area contributed by atoms with E-state index in [1.54, 1.807) is 0 Å². The largest absolute Gasteiger partial charge is 0.467 e. The molecule has 16 heavy (non-hydrogen) atoms. The monoisotopic (exact) mass is 230 g/mol. The summed E-state index contributed by atoms with van der Waals surface area (Å²) in [5.41, 5.74) is 0. The molecule has 0 aromatic rings. The molecule has 92 valence electrons. The van der Waals surface area contributed by atoms with Crippen molar-refractivity contribution in [3.63, 3.8) is 0 Å². The molecule has 1 N–H and O–H groups in total. The van der Waals surface area contributed by atoms with Crippen molar-refractivity contribution in [3.8, 4) is 0 Å². The second-order valence-electron chi connectivity index (χ2n) is 3.78. The summed E-state index contributed by atoms with van der Waals surface area (Å²) in [7, 11) is 1.31. The van der Waals surface area contributed by atoms with E-state index in [1.807, 2.05) is 4.90 Å².